The molecule has 0 bridgehead atoms. The number of aromatic nitrogens is 2. The van der Waals surface area contributed by atoms with Crippen LogP contribution >= 0.6 is 15.9 Å². The first-order chi connectivity index (χ1) is 8.13. The summed E-state index contributed by atoms with van der Waals surface area (Å²) >= 11 is 3.65. The first kappa shape index (κ1) is 12.8. The summed E-state index contributed by atoms with van der Waals surface area (Å²) in [6.07, 6.45) is 5.17. The van der Waals surface area contributed by atoms with Crippen LogP contribution in [0.3, 0.4) is 0 Å². The Bertz CT molecular complexity index is 398. The average molecular weight is 298 g/mol. The smallest absolute Gasteiger partial charge is 0.144 e. The van der Waals surface area contributed by atoms with Gasteiger partial charge in [-0.15, -0.1) is 0 Å². The summed E-state index contributed by atoms with van der Waals surface area (Å²) in [6, 6.07) is 0. The molecule has 17 heavy (non-hydrogen) atoms. The molecule has 1 aromatic rings. The van der Waals surface area contributed by atoms with E-state index in [1.54, 1.807) is 0 Å². The van der Waals surface area contributed by atoms with Crippen LogP contribution in [0.1, 0.15) is 62.9 Å². The van der Waals surface area contributed by atoms with Gasteiger partial charge in [0.15, 0.2) is 0 Å². The van der Waals surface area contributed by atoms with Gasteiger partial charge in [-0.1, -0.05) is 26.7 Å². The van der Waals surface area contributed by atoms with Crippen LogP contribution in [-0.2, 0) is 0 Å². The Balaban J connectivity index is 2.44. The van der Waals surface area contributed by atoms with Gasteiger partial charge in [-0.25, -0.2) is 9.97 Å². The van der Waals surface area contributed by atoms with E-state index in [1.807, 2.05) is 7.05 Å². The fourth-order valence-corrected chi connectivity index (χ4v) is 3.08. The fraction of sp³-hybridized carbons (Fsp3) is 0.692. The van der Waals surface area contributed by atoms with Crippen molar-refractivity contribution in [1.82, 2.24) is 9.97 Å². The molecule has 1 fully saturated rings. The molecule has 1 aliphatic carbocycles. The highest BCUT2D eigenvalue weighted by Crippen LogP contribution is 2.39. The van der Waals surface area contributed by atoms with E-state index in [1.165, 1.54) is 31.4 Å². The molecule has 2 rings (SSSR count). The zero-order valence-electron chi connectivity index (χ0n) is 10.8. The third-order valence-electron chi connectivity index (χ3n) is 3.39. The standard InChI is InChI=1S/C13H20BrN3/c1-8(2)12-16-11(9-6-4-5-7-9)10(14)13(15-3)17-12/h8-9H,4-7H2,1-3H3,(H,15,16,17). The van der Waals surface area contributed by atoms with Crippen molar-refractivity contribution < 1.29 is 0 Å². The Hall–Kier alpha value is -0.640. The zero-order valence-corrected chi connectivity index (χ0v) is 12.3. The Morgan fingerprint density at radius 2 is 1.88 bits per heavy atom. The number of halogens is 1. The van der Waals surface area contributed by atoms with Gasteiger partial charge >= 0.3 is 0 Å². The van der Waals surface area contributed by atoms with Crippen molar-refractivity contribution >= 4 is 21.7 Å². The lowest BCUT2D eigenvalue weighted by Crippen LogP contribution is -2.09. The average Bonchev–Trinajstić information content (AvgIpc) is 2.82. The highest BCUT2D eigenvalue weighted by molar-refractivity contribution is 9.10. The van der Waals surface area contributed by atoms with Crippen molar-refractivity contribution in [3.8, 4) is 0 Å². The topological polar surface area (TPSA) is 37.8 Å². The minimum Gasteiger partial charge on any atom is -0.372 e. The van der Waals surface area contributed by atoms with E-state index in [4.69, 9.17) is 4.98 Å². The van der Waals surface area contributed by atoms with Crippen LogP contribution in [0.4, 0.5) is 5.82 Å². The summed E-state index contributed by atoms with van der Waals surface area (Å²) in [6.45, 7) is 4.28. The Morgan fingerprint density at radius 1 is 1.24 bits per heavy atom. The second kappa shape index (κ2) is 5.34. The predicted octanol–water partition coefficient (Wildman–Crippen LogP) is 4.06. The number of hydrogen-bond donors (Lipinski definition) is 1. The summed E-state index contributed by atoms with van der Waals surface area (Å²) in [4.78, 5) is 9.32. The maximum Gasteiger partial charge on any atom is 0.144 e. The molecular weight excluding hydrogens is 278 g/mol. The van der Waals surface area contributed by atoms with Crippen LogP contribution in [0.25, 0.3) is 0 Å². The molecule has 1 saturated carbocycles. The van der Waals surface area contributed by atoms with Crippen LogP contribution < -0.4 is 5.32 Å². The first-order valence-corrected chi connectivity index (χ1v) is 7.17. The van der Waals surface area contributed by atoms with E-state index in [-0.39, 0.29) is 0 Å². The summed E-state index contributed by atoms with van der Waals surface area (Å²) in [5.74, 6) is 2.84. The second-order valence-electron chi connectivity index (χ2n) is 5.02. The van der Waals surface area contributed by atoms with Crippen molar-refractivity contribution in [3.63, 3.8) is 0 Å². The number of nitrogens with zero attached hydrogens (tertiary/aromatic N) is 2. The monoisotopic (exact) mass is 297 g/mol. The van der Waals surface area contributed by atoms with Crippen molar-refractivity contribution in [3.05, 3.63) is 16.0 Å². The molecule has 1 aromatic heterocycles. The quantitative estimate of drug-likeness (QED) is 0.914. The van der Waals surface area contributed by atoms with E-state index in [0.29, 0.717) is 11.8 Å². The lowest BCUT2D eigenvalue weighted by Gasteiger charge is -2.16. The molecule has 0 aliphatic heterocycles. The largest absolute Gasteiger partial charge is 0.372 e. The van der Waals surface area contributed by atoms with Gasteiger partial charge in [-0.2, -0.15) is 0 Å². The lowest BCUT2D eigenvalue weighted by atomic mass is 10.0. The van der Waals surface area contributed by atoms with Gasteiger partial charge in [0.25, 0.3) is 0 Å². The van der Waals surface area contributed by atoms with Gasteiger partial charge in [0.1, 0.15) is 11.6 Å². The maximum absolute atomic E-state index is 4.76. The third kappa shape index (κ3) is 2.62. The molecule has 1 heterocycles. The number of anilines is 1. The van der Waals surface area contributed by atoms with Gasteiger partial charge < -0.3 is 5.32 Å². The predicted molar refractivity (Wildman–Crippen MR) is 74.6 cm³/mol. The Kier molecular flexibility index (Phi) is 4.02. The van der Waals surface area contributed by atoms with Crippen LogP contribution in [0.2, 0.25) is 0 Å². The Labute approximate surface area is 112 Å². The molecular formula is C13H20BrN3. The second-order valence-corrected chi connectivity index (χ2v) is 5.81. The summed E-state index contributed by atoms with van der Waals surface area (Å²) in [5.41, 5.74) is 1.20. The van der Waals surface area contributed by atoms with E-state index >= 15 is 0 Å². The molecule has 0 atom stereocenters. The van der Waals surface area contributed by atoms with Crippen molar-refractivity contribution in [2.75, 3.05) is 12.4 Å². The molecule has 0 radical (unpaired) electrons. The van der Waals surface area contributed by atoms with Crippen LogP contribution in [0.5, 0.6) is 0 Å². The highest BCUT2D eigenvalue weighted by atomic mass is 79.9. The maximum atomic E-state index is 4.76. The number of hydrogen-bond acceptors (Lipinski definition) is 3. The van der Waals surface area contributed by atoms with E-state index in [2.05, 4.69) is 40.1 Å². The number of rotatable bonds is 3. The van der Waals surface area contributed by atoms with Crippen molar-refractivity contribution in [2.45, 2.75) is 51.4 Å². The molecule has 1 aliphatic rings. The summed E-state index contributed by atoms with van der Waals surface area (Å²) in [5, 5.41) is 3.16. The molecule has 0 aromatic carbocycles. The van der Waals surface area contributed by atoms with Crippen molar-refractivity contribution in [1.29, 1.82) is 0 Å². The summed E-state index contributed by atoms with van der Waals surface area (Å²) < 4.78 is 1.05. The normalized spacial score (nSPS) is 16.8. The molecule has 0 amide bonds. The minimum atomic E-state index is 0.371. The SMILES string of the molecule is CNc1nc(C(C)C)nc(C2CCCC2)c1Br. The molecule has 3 nitrogen and oxygen atoms in total. The van der Waals surface area contributed by atoms with Gasteiger partial charge in [0.2, 0.25) is 0 Å². The number of nitrogens with one attached hydrogen (secondary N) is 1. The van der Waals surface area contributed by atoms with Crippen LogP contribution in [0, 0.1) is 0 Å². The van der Waals surface area contributed by atoms with E-state index < -0.39 is 0 Å². The molecule has 4 heteroatoms. The van der Waals surface area contributed by atoms with Gasteiger partial charge in [-0.3, -0.25) is 0 Å². The minimum absolute atomic E-state index is 0.371. The van der Waals surface area contributed by atoms with Gasteiger partial charge in [0, 0.05) is 18.9 Å². The molecule has 1 N–H and O–H groups in total. The summed E-state index contributed by atoms with van der Waals surface area (Å²) in [7, 11) is 1.91. The fourth-order valence-electron chi connectivity index (χ4n) is 2.38. The van der Waals surface area contributed by atoms with Crippen LogP contribution in [-0.4, -0.2) is 17.0 Å². The van der Waals surface area contributed by atoms with E-state index in [9.17, 15) is 0 Å². The molecule has 0 spiro atoms. The lowest BCUT2D eigenvalue weighted by molar-refractivity contribution is 0.665. The van der Waals surface area contributed by atoms with Crippen LogP contribution in [0.15, 0.2) is 4.47 Å². The molecule has 0 saturated heterocycles. The zero-order chi connectivity index (χ0) is 12.4. The van der Waals surface area contributed by atoms with Gasteiger partial charge in [-0.05, 0) is 28.8 Å². The Morgan fingerprint density at radius 3 is 2.41 bits per heavy atom. The molecule has 0 unspecified atom stereocenters. The van der Waals surface area contributed by atoms with Gasteiger partial charge in [0.05, 0.1) is 10.2 Å². The van der Waals surface area contributed by atoms with Crippen molar-refractivity contribution in [2.24, 2.45) is 0 Å². The van der Waals surface area contributed by atoms with E-state index in [0.717, 1.165) is 16.1 Å². The first-order valence-electron chi connectivity index (χ1n) is 6.38. The molecule has 94 valence electrons. The third-order valence-corrected chi connectivity index (χ3v) is 4.17. The highest BCUT2D eigenvalue weighted by Gasteiger charge is 2.24.